The largest absolute Gasteiger partial charge is 0.464 e. The molecule has 0 amide bonds. The van der Waals surface area contributed by atoms with E-state index in [1.807, 2.05) is 6.92 Å². The van der Waals surface area contributed by atoms with Crippen molar-refractivity contribution in [2.75, 3.05) is 6.61 Å². The van der Waals surface area contributed by atoms with Gasteiger partial charge in [-0.3, -0.25) is 0 Å². The van der Waals surface area contributed by atoms with E-state index in [1.165, 1.54) is 12.8 Å². The van der Waals surface area contributed by atoms with E-state index < -0.39 is 6.10 Å². The third-order valence-corrected chi connectivity index (χ3v) is 3.65. The molecule has 0 aliphatic heterocycles. The van der Waals surface area contributed by atoms with Crippen molar-refractivity contribution in [2.45, 2.75) is 97.2 Å². The van der Waals surface area contributed by atoms with Crippen LogP contribution < -0.4 is 0 Å². The first kappa shape index (κ1) is 21.0. The van der Waals surface area contributed by atoms with E-state index in [1.54, 1.807) is 0 Å². The highest BCUT2D eigenvalue weighted by molar-refractivity contribution is 5.74. The second-order valence-corrected chi connectivity index (χ2v) is 5.90. The molecule has 0 heterocycles. The Morgan fingerprint density at radius 3 is 2.41 bits per heavy atom. The molecule has 0 radical (unpaired) electrons. The van der Waals surface area contributed by atoms with Gasteiger partial charge in [0.25, 0.3) is 0 Å². The zero-order valence-electron chi connectivity index (χ0n) is 14.7. The van der Waals surface area contributed by atoms with Crippen molar-refractivity contribution in [1.29, 1.82) is 0 Å². The van der Waals surface area contributed by atoms with Crippen molar-refractivity contribution in [2.24, 2.45) is 0 Å². The summed E-state index contributed by atoms with van der Waals surface area (Å²) in [6, 6.07) is 0. The summed E-state index contributed by atoms with van der Waals surface area (Å²) in [5.41, 5.74) is 0. The van der Waals surface area contributed by atoms with Crippen molar-refractivity contribution in [3.05, 3.63) is 0 Å². The highest BCUT2D eigenvalue weighted by Crippen LogP contribution is 2.14. The Morgan fingerprint density at radius 2 is 1.77 bits per heavy atom. The summed E-state index contributed by atoms with van der Waals surface area (Å²) in [6.07, 6.45) is 14.7. The van der Waals surface area contributed by atoms with E-state index in [9.17, 15) is 4.79 Å². The maximum absolute atomic E-state index is 12.2. The van der Waals surface area contributed by atoms with Gasteiger partial charge in [-0.1, -0.05) is 46.0 Å². The summed E-state index contributed by atoms with van der Waals surface area (Å²) in [5.74, 6) is 2.38. The average Bonchev–Trinajstić information content (AvgIpc) is 2.51. The molecule has 0 aliphatic carbocycles. The summed E-state index contributed by atoms with van der Waals surface area (Å²) in [5, 5.41) is 0. The van der Waals surface area contributed by atoms with E-state index in [0.717, 1.165) is 38.5 Å². The SMILES string of the molecule is C#CCCCC(OC(C)CCCC)C(=O)OCCCCCC. The zero-order valence-corrected chi connectivity index (χ0v) is 14.7. The molecule has 3 heteroatoms. The summed E-state index contributed by atoms with van der Waals surface area (Å²) < 4.78 is 11.3. The molecule has 0 N–H and O–H groups in total. The lowest BCUT2D eigenvalue weighted by Crippen LogP contribution is -2.30. The van der Waals surface area contributed by atoms with Gasteiger partial charge in [0.05, 0.1) is 12.7 Å². The van der Waals surface area contributed by atoms with E-state index >= 15 is 0 Å². The second kappa shape index (κ2) is 14.9. The minimum Gasteiger partial charge on any atom is -0.464 e. The minimum atomic E-state index is -0.466. The molecular weight excluding hydrogens is 276 g/mol. The fraction of sp³-hybridized carbons (Fsp3) is 0.842. The van der Waals surface area contributed by atoms with Crippen LogP contribution in [0.25, 0.3) is 0 Å². The first-order valence-corrected chi connectivity index (χ1v) is 8.91. The number of ether oxygens (including phenoxy) is 2. The number of unbranched alkanes of at least 4 members (excludes halogenated alkanes) is 5. The molecule has 0 saturated heterocycles. The Balaban J connectivity index is 4.18. The number of hydrogen-bond donors (Lipinski definition) is 0. The molecule has 0 rings (SSSR count). The van der Waals surface area contributed by atoms with Gasteiger partial charge in [-0.05, 0) is 32.6 Å². The monoisotopic (exact) mass is 310 g/mol. The molecule has 2 atom stereocenters. The van der Waals surface area contributed by atoms with Crippen LogP contribution >= 0.6 is 0 Å². The first-order valence-electron chi connectivity index (χ1n) is 8.91. The number of carbonyl (C=O) groups excluding carboxylic acids is 1. The third kappa shape index (κ3) is 11.6. The average molecular weight is 310 g/mol. The van der Waals surface area contributed by atoms with Crippen LogP contribution in [-0.2, 0) is 14.3 Å². The lowest BCUT2D eigenvalue weighted by atomic mass is 10.1. The third-order valence-electron chi connectivity index (χ3n) is 3.65. The molecule has 0 spiro atoms. The van der Waals surface area contributed by atoms with Crippen LogP contribution in [-0.4, -0.2) is 24.8 Å². The lowest BCUT2D eigenvalue weighted by Gasteiger charge is -2.21. The van der Waals surface area contributed by atoms with Crippen molar-refractivity contribution in [3.8, 4) is 12.3 Å². The number of terminal acetylenes is 1. The van der Waals surface area contributed by atoms with Crippen LogP contribution in [0.1, 0.15) is 85.0 Å². The quantitative estimate of drug-likeness (QED) is 0.261. The number of esters is 1. The fourth-order valence-corrected chi connectivity index (χ4v) is 2.27. The number of carbonyl (C=O) groups is 1. The molecular formula is C19H34O3. The van der Waals surface area contributed by atoms with E-state index in [2.05, 4.69) is 19.8 Å². The predicted molar refractivity (Wildman–Crippen MR) is 91.6 cm³/mol. The lowest BCUT2D eigenvalue weighted by molar-refractivity contribution is -0.161. The molecule has 2 unspecified atom stereocenters. The van der Waals surface area contributed by atoms with Gasteiger partial charge in [-0.15, -0.1) is 12.3 Å². The van der Waals surface area contributed by atoms with Gasteiger partial charge < -0.3 is 9.47 Å². The Bertz CT molecular complexity index is 306. The molecule has 0 aromatic rings. The number of rotatable bonds is 14. The first-order chi connectivity index (χ1) is 10.7. The van der Waals surface area contributed by atoms with Crippen molar-refractivity contribution in [3.63, 3.8) is 0 Å². The smallest absolute Gasteiger partial charge is 0.335 e. The van der Waals surface area contributed by atoms with Crippen molar-refractivity contribution < 1.29 is 14.3 Å². The maximum atomic E-state index is 12.2. The van der Waals surface area contributed by atoms with E-state index in [4.69, 9.17) is 15.9 Å². The Hall–Kier alpha value is -1.01. The highest BCUT2D eigenvalue weighted by Gasteiger charge is 2.22. The maximum Gasteiger partial charge on any atom is 0.335 e. The molecule has 0 aliphatic rings. The molecule has 3 nitrogen and oxygen atoms in total. The van der Waals surface area contributed by atoms with Crippen molar-refractivity contribution in [1.82, 2.24) is 0 Å². The van der Waals surface area contributed by atoms with Gasteiger partial charge in [0.15, 0.2) is 6.10 Å². The molecule has 128 valence electrons. The molecule has 0 aromatic heterocycles. The second-order valence-electron chi connectivity index (χ2n) is 5.90. The molecule has 0 saturated carbocycles. The van der Waals surface area contributed by atoms with Crippen LogP contribution in [0.5, 0.6) is 0 Å². The van der Waals surface area contributed by atoms with Gasteiger partial charge in [-0.2, -0.15) is 0 Å². The molecule has 0 aromatic carbocycles. The van der Waals surface area contributed by atoms with Gasteiger partial charge in [0.1, 0.15) is 0 Å². The zero-order chi connectivity index (χ0) is 16.6. The van der Waals surface area contributed by atoms with Gasteiger partial charge >= 0.3 is 5.97 Å². The molecule has 0 bridgehead atoms. The van der Waals surface area contributed by atoms with E-state index in [0.29, 0.717) is 19.4 Å². The van der Waals surface area contributed by atoms with Crippen LogP contribution in [0.15, 0.2) is 0 Å². The van der Waals surface area contributed by atoms with Crippen LogP contribution in [0.3, 0.4) is 0 Å². The Labute approximate surface area is 137 Å². The predicted octanol–water partition coefficient (Wildman–Crippen LogP) is 4.88. The topological polar surface area (TPSA) is 35.5 Å². The van der Waals surface area contributed by atoms with E-state index in [-0.39, 0.29) is 12.1 Å². The molecule has 22 heavy (non-hydrogen) atoms. The van der Waals surface area contributed by atoms with Crippen LogP contribution in [0.2, 0.25) is 0 Å². The minimum absolute atomic E-state index is 0.0865. The van der Waals surface area contributed by atoms with Crippen molar-refractivity contribution >= 4 is 5.97 Å². The van der Waals surface area contributed by atoms with Gasteiger partial charge in [0.2, 0.25) is 0 Å². The highest BCUT2D eigenvalue weighted by atomic mass is 16.6. The Kier molecular flexibility index (Phi) is 14.2. The Morgan fingerprint density at radius 1 is 1.05 bits per heavy atom. The molecule has 0 fully saturated rings. The summed E-state index contributed by atoms with van der Waals surface area (Å²) in [6.45, 7) is 6.84. The van der Waals surface area contributed by atoms with Crippen LogP contribution in [0.4, 0.5) is 0 Å². The summed E-state index contributed by atoms with van der Waals surface area (Å²) >= 11 is 0. The fourth-order valence-electron chi connectivity index (χ4n) is 2.27. The van der Waals surface area contributed by atoms with Crippen LogP contribution in [0, 0.1) is 12.3 Å². The number of hydrogen-bond acceptors (Lipinski definition) is 3. The standard InChI is InChI=1S/C19H34O3/c1-5-8-11-13-16-21-19(20)18(15-12-9-6-2)22-17(4)14-10-7-3/h2,17-18H,5,7-16H2,1,3-4H3. The normalized spacial score (nSPS) is 13.4. The van der Waals surface area contributed by atoms with Gasteiger partial charge in [0, 0.05) is 6.42 Å². The summed E-state index contributed by atoms with van der Waals surface area (Å²) in [7, 11) is 0. The van der Waals surface area contributed by atoms with Gasteiger partial charge in [-0.25, -0.2) is 4.79 Å². The summed E-state index contributed by atoms with van der Waals surface area (Å²) in [4.78, 5) is 12.2.